The molecule has 4 rings (SSSR count). The summed E-state index contributed by atoms with van der Waals surface area (Å²) >= 11 is 0. The molecule has 2 aliphatic carbocycles. The SMILES string of the molecule is COC(=O)N(C1CCCCC1)C1c2ccccc2-c2ccccc21. The standard InChI is InChI=1S/C21H23NO2/c1-24-21(23)22(15-9-3-2-4-10-15)20-18-13-7-5-11-16(18)17-12-6-8-14-19(17)20/h5-8,11-15,20H,2-4,9-10H2,1H3. The van der Waals surface area contributed by atoms with Gasteiger partial charge in [-0.1, -0.05) is 67.8 Å². The highest BCUT2D eigenvalue weighted by molar-refractivity contribution is 5.81. The van der Waals surface area contributed by atoms with E-state index >= 15 is 0 Å². The fourth-order valence-corrected chi connectivity index (χ4v) is 4.36. The molecular weight excluding hydrogens is 298 g/mol. The summed E-state index contributed by atoms with van der Waals surface area (Å²) in [5.74, 6) is 0. The second kappa shape index (κ2) is 6.31. The normalized spacial score (nSPS) is 17.2. The zero-order valence-electron chi connectivity index (χ0n) is 14.1. The van der Waals surface area contributed by atoms with Crippen molar-refractivity contribution in [1.29, 1.82) is 0 Å². The summed E-state index contributed by atoms with van der Waals surface area (Å²) in [6, 6.07) is 17.1. The van der Waals surface area contributed by atoms with Crippen LogP contribution in [0.25, 0.3) is 11.1 Å². The summed E-state index contributed by atoms with van der Waals surface area (Å²) in [6.07, 6.45) is 5.57. The molecule has 0 aliphatic heterocycles. The Morgan fingerprint density at radius 3 is 2.00 bits per heavy atom. The number of carbonyl (C=O) groups excluding carboxylic acids is 1. The number of ether oxygens (including phenoxy) is 1. The van der Waals surface area contributed by atoms with E-state index in [1.54, 1.807) is 0 Å². The van der Waals surface area contributed by atoms with Gasteiger partial charge in [-0.25, -0.2) is 4.79 Å². The van der Waals surface area contributed by atoms with Crippen molar-refractivity contribution in [1.82, 2.24) is 4.90 Å². The molecule has 0 radical (unpaired) electrons. The molecule has 3 heteroatoms. The van der Waals surface area contributed by atoms with Crippen molar-refractivity contribution in [2.24, 2.45) is 0 Å². The quantitative estimate of drug-likeness (QED) is 0.765. The summed E-state index contributed by atoms with van der Waals surface area (Å²) in [6.45, 7) is 0. The molecule has 124 valence electrons. The van der Waals surface area contributed by atoms with Crippen molar-refractivity contribution in [3.63, 3.8) is 0 Å². The van der Waals surface area contributed by atoms with Gasteiger partial charge >= 0.3 is 6.09 Å². The number of amides is 1. The molecule has 0 heterocycles. The van der Waals surface area contributed by atoms with Crippen molar-refractivity contribution < 1.29 is 9.53 Å². The van der Waals surface area contributed by atoms with Gasteiger partial charge in [0, 0.05) is 6.04 Å². The minimum atomic E-state index is -0.210. The molecule has 3 nitrogen and oxygen atoms in total. The number of fused-ring (bicyclic) bond motifs is 3. The van der Waals surface area contributed by atoms with E-state index < -0.39 is 0 Å². The van der Waals surface area contributed by atoms with Gasteiger partial charge < -0.3 is 4.74 Å². The maximum absolute atomic E-state index is 12.7. The molecular formula is C21H23NO2. The lowest BCUT2D eigenvalue weighted by molar-refractivity contribution is 0.0790. The van der Waals surface area contributed by atoms with Crippen LogP contribution in [0.4, 0.5) is 4.79 Å². The van der Waals surface area contributed by atoms with Crippen LogP contribution in [-0.4, -0.2) is 24.1 Å². The second-order valence-corrected chi connectivity index (χ2v) is 6.75. The molecule has 2 aromatic carbocycles. The summed E-state index contributed by atoms with van der Waals surface area (Å²) < 4.78 is 5.20. The Hall–Kier alpha value is -2.29. The van der Waals surface area contributed by atoms with Gasteiger partial charge in [0.25, 0.3) is 0 Å². The Labute approximate surface area is 143 Å². The number of benzene rings is 2. The van der Waals surface area contributed by atoms with E-state index in [4.69, 9.17) is 4.74 Å². The van der Waals surface area contributed by atoms with E-state index in [2.05, 4.69) is 48.5 Å². The van der Waals surface area contributed by atoms with Crippen LogP contribution in [0, 0.1) is 0 Å². The third-order valence-corrected chi connectivity index (χ3v) is 5.43. The fourth-order valence-electron chi connectivity index (χ4n) is 4.36. The Morgan fingerprint density at radius 1 is 0.917 bits per heavy atom. The molecule has 0 atom stereocenters. The van der Waals surface area contributed by atoms with E-state index in [1.807, 2.05) is 4.90 Å². The average Bonchev–Trinajstić information content (AvgIpc) is 2.98. The van der Waals surface area contributed by atoms with Crippen molar-refractivity contribution in [3.8, 4) is 11.1 Å². The number of hydrogen-bond donors (Lipinski definition) is 0. The molecule has 0 saturated heterocycles. The van der Waals surface area contributed by atoms with Crippen molar-refractivity contribution >= 4 is 6.09 Å². The van der Waals surface area contributed by atoms with Gasteiger partial charge in [-0.3, -0.25) is 4.90 Å². The first-order chi connectivity index (χ1) is 11.8. The predicted octanol–water partition coefficient (Wildman–Crippen LogP) is 5.16. The summed E-state index contributed by atoms with van der Waals surface area (Å²) in [7, 11) is 1.49. The molecule has 2 aromatic rings. The highest BCUT2D eigenvalue weighted by Crippen LogP contribution is 2.48. The molecule has 0 aromatic heterocycles. The van der Waals surface area contributed by atoms with Crippen LogP contribution >= 0.6 is 0 Å². The smallest absolute Gasteiger partial charge is 0.410 e. The lowest BCUT2D eigenvalue weighted by Crippen LogP contribution is -2.43. The fraction of sp³-hybridized carbons (Fsp3) is 0.381. The first kappa shape index (κ1) is 15.3. The number of carbonyl (C=O) groups is 1. The lowest BCUT2D eigenvalue weighted by atomic mass is 9.91. The first-order valence-corrected chi connectivity index (χ1v) is 8.86. The first-order valence-electron chi connectivity index (χ1n) is 8.86. The van der Waals surface area contributed by atoms with Crippen LogP contribution in [-0.2, 0) is 4.74 Å². The second-order valence-electron chi connectivity index (χ2n) is 6.75. The third kappa shape index (κ3) is 2.39. The van der Waals surface area contributed by atoms with E-state index in [1.165, 1.54) is 48.6 Å². The highest BCUT2D eigenvalue weighted by Gasteiger charge is 2.39. The lowest BCUT2D eigenvalue weighted by Gasteiger charge is -2.38. The Kier molecular flexibility index (Phi) is 4.01. The van der Waals surface area contributed by atoms with Crippen LogP contribution in [0.5, 0.6) is 0 Å². The molecule has 1 amide bonds. The molecule has 1 fully saturated rings. The zero-order chi connectivity index (χ0) is 16.5. The third-order valence-electron chi connectivity index (χ3n) is 5.43. The predicted molar refractivity (Wildman–Crippen MR) is 94.8 cm³/mol. The van der Waals surface area contributed by atoms with Gasteiger partial charge in [0.1, 0.15) is 0 Å². The van der Waals surface area contributed by atoms with Gasteiger partial charge in [0.2, 0.25) is 0 Å². The molecule has 0 spiro atoms. The van der Waals surface area contributed by atoms with Gasteiger partial charge in [0.15, 0.2) is 0 Å². The Morgan fingerprint density at radius 2 is 1.46 bits per heavy atom. The van der Waals surface area contributed by atoms with E-state index in [0.717, 1.165) is 12.8 Å². The van der Waals surface area contributed by atoms with Gasteiger partial charge in [-0.15, -0.1) is 0 Å². The van der Waals surface area contributed by atoms with Crippen LogP contribution in [0.15, 0.2) is 48.5 Å². The van der Waals surface area contributed by atoms with Crippen molar-refractivity contribution in [3.05, 3.63) is 59.7 Å². The molecule has 24 heavy (non-hydrogen) atoms. The number of rotatable bonds is 2. The number of nitrogens with zero attached hydrogens (tertiary/aromatic N) is 1. The van der Waals surface area contributed by atoms with Crippen LogP contribution < -0.4 is 0 Å². The van der Waals surface area contributed by atoms with Gasteiger partial charge in [0.05, 0.1) is 13.2 Å². The van der Waals surface area contributed by atoms with E-state index in [0.29, 0.717) is 0 Å². The summed E-state index contributed by atoms with van der Waals surface area (Å²) in [5.41, 5.74) is 4.91. The zero-order valence-corrected chi connectivity index (χ0v) is 14.1. The molecule has 0 unspecified atom stereocenters. The van der Waals surface area contributed by atoms with Crippen molar-refractivity contribution in [2.75, 3.05) is 7.11 Å². The molecule has 2 aliphatic rings. The highest BCUT2D eigenvalue weighted by atomic mass is 16.5. The van der Waals surface area contributed by atoms with Crippen molar-refractivity contribution in [2.45, 2.75) is 44.2 Å². The van der Waals surface area contributed by atoms with Crippen LogP contribution in [0.3, 0.4) is 0 Å². The van der Waals surface area contributed by atoms with Gasteiger partial charge in [-0.05, 0) is 35.1 Å². The Balaban J connectivity index is 1.84. The van der Waals surface area contributed by atoms with Crippen LogP contribution in [0.1, 0.15) is 49.3 Å². The minimum absolute atomic E-state index is 0.0343. The van der Waals surface area contributed by atoms with E-state index in [9.17, 15) is 4.79 Å². The monoisotopic (exact) mass is 321 g/mol. The minimum Gasteiger partial charge on any atom is -0.453 e. The number of hydrogen-bond acceptors (Lipinski definition) is 2. The molecule has 0 bridgehead atoms. The van der Waals surface area contributed by atoms with E-state index in [-0.39, 0.29) is 18.2 Å². The molecule has 1 saturated carbocycles. The average molecular weight is 321 g/mol. The summed E-state index contributed by atoms with van der Waals surface area (Å²) in [4.78, 5) is 14.7. The Bertz CT molecular complexity index is 704. The maximum atomic E-state index is 12.7. The summed E-state index contributed by atoms with van der Waals surface area (Å²) in [5, 5.41) is 0. The number of methoxy groups -OCH3 is 1. The van der Waals surface area contributed by atoms with Crippen LogP contribution in [0.2, 0.25) is 0 Å². The molecule has 0 N–H and O–H groups in total. The maximum Gasteiger partial charge on any atom is 0.410 e. The topological polar surface area (TPSA) is 29.5 Å². The van der Waals surface area contributed by atoms with Gasteiger partial charge in [-0.2, -0.15) is 0 Å². The largest absolute Gasteiger partial charge is 0.453 e.